The van der Waals surface area contributed by atoms with E-state index in [2.05, 4.69) is 11.0 Å². The molecule has 0 N–H and O–H groups in total. The smallest absolute Gasteiger partial charge is 0.228 e. The molecule has 22 heavy (non-hydrogen) atoms. The third-order valence-electron chi connectivity index (χ3n) is 4.79. The molecule has 0 radical (unpaired) electrons. The molecule has 3 aliphatic rings. The van der Waals surface area contributed by atoms with Crippen LogP contribution in [0.3, 0.4) is 0 Å². The van der Waals surface area contributed by atoms with Gasteiger partial charge in [-0.2, -0.15) is 0 Å². The average Bonchev–Trinajstić information content (AvgIpc) is 2.85. The highest BCUT2D eigenvalue weighted by Gasteiger charge is 2.41. The summed E-state index contributed by atoms with van der Waals surface area (Å²) < 4.78 is 5.41. The molecule has 1 atom stereocenters. The van der Waals surface area contributed by atoms with Crippen LogP contribution in [0.4, 0.5) is 0 Å². The Balaban J connectivity index is 1.53. The van der Waals surface area contributed by atoms with Crippen molar-refractivity contribution in [3.05, 3.63) is 11.6 Å². The standard InChI is InChI=1S/C16H25N3O3/c1-17-9-14(10-17)19-8-13(6-15(19)20)16(21)18(2)7-12-4-3-5-22-11-12/h4,13-14H,3,5-11H2,1-2H3. The van der Waals surface area contributed by atoms with Gasteiger partial charge in [-0.1, -0.05) is 6.08 Å². The first-order valence-corrected chi connectivity index (χ1v) is 8.03. The number of hydrogen-bond acceptors (Lipinski definition) is 4. The Morgan fingerprint density at radius 2 is 2.18 bits per heavy atom. The largest absolute Gasteiger partial charge is 0.377 e. The van der Waals surface area contributed by atoms with Gasteiger partial charge in [-0.15, -0.1) is 0 Å². The molecule has 0 aromatic heterocycles. The van der Waals surface area contributed by atoms with E-state index < -0.39 is 0 Å². The van der Waals surface area contributed by atoms with Crippen LogP contribution in [0, 0.1) is 5.92 Å². The maximum atomic E-state index is 12.6. The Bertz CT molecular complexity index is 485. The summed E-state index contributed by atoms with van der Waals surface area (Å²) in [7, 11) is 3.87. The number of rotatable bonds is 4. The van der Waals surface area contributed by atoms with Crippen LogP contribution in [-0.4, -0.2) is 86.0 Å². The quantitative estimate of drug-likeness (QED) is 0.684. The lowest BCUT2D eigenvalue weighted by Gasteiger charge is -2.42. The predicted molar refractivity (Wildman–Crippen MR) is 82.3 cm³/mol. The molecular weight excluding hydrogens is 282 g/mol. The molecule has 0 bridgehead atoms. The van der Waals surface area contributed by atoms with Gasteiger partial charge in [0.1, 0.15) is 0 Å². The number of ether oxygens (including phenoxy) is 1. The van der Waals surface area contributed by atoms with Crippen LogP contribution in [0.2, 0.25) is 0 Å². The van der Waals surface area contributed by atoms with Gasteiger partial charge >= 0.3 is 0 Å². The second-order valence-electron chi connectivity index (χ2n) is 6.72. The molecular formula is C16H25N3O3. The van der Waals surface area contributed by atoms with Gasteiger partial charge in [-0.3, -0.25) is 9.59 Å². The summed E-state index contributed by atoms with van der Waals surface area (Å²) in [6.45, 7) is 4.41. The van der Waals surface area contributed by atoms with Crippen molar-refractivity contribution in [2.75, 3.05) is 53.5 Å². The highest BCUT2D eigenvalue weighted by Crippen LogP contribution is 2.25. The normalized spacial score (nSPS) is 26.8. The Kier molecular flexibility index (Phi) is 4.49. The second kappa shape index (κ2) is 6.38. The Morgan fingerprint density at radius 3 is 2.82 bits per heavy atom. The highest BCUT2D eigenvalue weighted by molar-refractivity contribution is 5.89. The SMILES string of the molecule is CN1CC(N2CC(C(=O)N(C)CC3=CCCOC3)CC2=O)C1. The van der Waals surface area contributed by atoms with Gasteiger partial charge in [-0.05, 0) is 19.0 Å². The topological polar surface area (TPSA) is 53.1 Å². The molecule has 6 heteroatoms. The molecule has 3 rings (SSSR count). The van der Waals surface area contributed by atoms with Crippen LogP contribution in [0.5, 0.6) is 0 Å². The zero-order valence-electron chi connectivity index (χ0n) is 13.5. The van der Waals surface area contributed by atoms with E-state index >= 15 is 0 Å². The van der Waals surface area contributed by atoms with Crippen molar-refractivity contribution in [2.24, 2.45) is 5.92 Å². The summed E-state index contributed by atoms with van der Waals surface area (Å²) >= 11 is 0. The summed E-state index contributed by atoms with van der Waals surface area (Å²) in [5, 5.41) is 0. The molecule has 1 unspecified atom stereocenters. The Morgan fingerprint density at radius 1 is 1.41 bits per heavy atom. The third-order valence-corrected chi connectivity index (χ3v) is 4.79. The van der Waals surface area contributed by atoms with Crippen molar-refractivity contribution in [2.45, 2.75) is 18.9 Å². The van der Waals surface area contributed by atoms with Gasteiger partial charge in [0.25, 0.3) is 0 Å². The summed E-state index contributed by atoms with van der Waals surface area (Å²) in [5.74, 6) is 0.0218. The van der Waals surface area contributed by atoms with E-state index in [9.17, 15) is 9.59 Å². The molecule has 0 spiro atoms. The van der Waals surface area contributed by atoms with Crippen molar-refractivity contribution >= 4 is 11.8 Å². The minimum atomic E-state index is -0.187. The molecule has 2 saturated heterocycles. The van der Waals surface area contributed by atoms with E-state index in [1.807, 2.05) is 19.0 Å². The van der Waals surface area contributed by atoms with E-state index in [1.165, 1.54) is 0 Å². The van der Waals surface area contributed by atoms with E-state index in [4.69, 9.17) is 4.74 Å². The van der Waals surface area contributed by atoms with E-state index in [-0.39, 0.29) is 17.7 Å². The van der Waals surface area contributed by atoms with Gasteiger partial charge in [0.15, 0.2) is 0 Å². The first kappa shape index (κ1) is 15.5. The lowest BCUT2D eigenvalue weighted by Crippen LogP contribution is -2.58. The van der Waals surface area contributed by atoms with E-state index in [1.54, 1.807) is 4.90 Å². The summed E-state index contributed by atoms with van der Waals surface area (Å²) in [5.41, 5.74) is 1.16. The lowest BCUT2D eigenvalue weighted by molar-refractivity contribution is -0.134. The molecule has 0 aromatic rings. The number of likely N-dealkylation sites (tertiary alicyclic amines) is 2. The Labute approximate surface area is 131 Å². The van der Waals surface area contributed by atoms with Crippen molar-refractivity contribution in [3.63, 3.8) is 0 Å². The number of carbonyl (C=O) groups is 2. The van der Waals surface area contributed by atoms with Gasteiger partial charge < -0.3 is 19.4 Å². The van der Waals surface area contributed by atoms with Crippen LogP contribution in [0.25, 0.3) is 0 Å². The monoisotopic (exact) mass is 307 g/mol. The number of carbonyl (C=O) groups excluding carboxylic acids is 2. The fourth-order valence-corrected chi connectivity index (χ4v) is 3.53. The fraction of sp³-hybridized carbons (Fsp3) is 0.750. The van der Waals surface area contributed by atoms with Crippen LogP contribution in [0.1, 0.15) is 12.8 Å². The minimum Gasteiger partial charge on any atom is -0.377 e. The van der Waals surface area contributed by atoms with E-state index in [0.717, 1.165) is 31.7 Å². The molecule has 122 valence electrons. The molecule has 3 aliphatic heterocycles. The van der Waals surface area contributed by atoms with Crippen LogP contribution < -0.4 is 0 Å². The number of likely N-dealkylation sites (N-methyl/N-ethyl adjacent to an activating group) is 2. The van der Waals surface area contributed by atoms with E-state index in [0.29, 0.717) is 32.2 Å². The van der Waals surface area contributed by atoms with Crippen molar-refractivity contribution in [1.82, 2.24) is 14.7 Å². The van der Waals surface area contributed by atoms with Gasteiger partial charge in [-0.25, -0.2) is 0 Å². The zero-order chi connectivity index (χ0) is 15.7. The van der Waals surface area contributed by atoms with Crippen molar-refractivity contribution in [3.8, 4) is 0 Å². The molecule has 3 heterocycles. The highest BCUT2D eigenvalue weighted by atomic mass is 16.5. The molecule has 0 aromatic carbocycles. The number of hydrogen-bond donors (Lipinski definition) is 0. The predicted octanol–water partition coefficient (Wildman–Crippen LogP) is -0.0460. The second-order valence-corrected chi connectivity index (χ2v) is 6.72. The zero-order valence-corrected chi connectivity index (χ0v) is 13.5. The van der Waals surface area contributed by atoms with Crippen molar-refractivity contribution < 1.29 is 14.3 Å². The summed E-state index contributed by atoms with van der Waals surface area (Å²) in [4.78, 5) is 30.6. The first-order valence-electron chi connectivity index (χ1n) is 8.03. The molecule has 0 aliphatic carbocycles. The molecule has 2 fully saturated rings. The van der Waals surface area contributed by atoms with Crippen molar-refractivity contribution in [1.29, 1.82) is 0 Å². The lowest BCUT2D eigenvalue weighted by atomic mass is 10.1. The molecule has 2 amide bonds. The number of nitrogens with zero attached hydrogens (tertiary/aromatic N) is 3. The summed E-state index contributed by atoms with van der Waals surface area (Å²) in [6.07, 6.45) is 3.44. The van der Waals surface area contributed by atoms with Crippen LogP contribution >= 0.6 is 0 Å². The maximum Gasteiger partial charge on any atom is 0.228 e. The molecule has 0 saturated carbocycles. The summed E-state index contributed by atoms with van der Waals surface area (Å²) in [6, 6.07) is 0.301. The van der Waals surface area contributed by atoms with Gasteiger partial charge in [0.05, 0.1) is 25.2 Å². The molecule has 6 nitrogen and oxygen atoms in total. The Hall–Kier alpha value is -1.40. The number of amides is 2. The van der Waals surface area contributed by atoms with Crippen LogP contribution in [0.15, 0.2) is 11.6 Å². The maximum absolute atomic E-state index is 12.6. The fourth-order valence-electron chi connectivity index (χ4n) is 3.53. The average molecular weight is 307 g/mol. The van der Waals surface area contributed by atoms with Crippen LogP contribution in [-0.2, 0) is 14.3 Å². The van der Waals surface area contributed by atoms with Gasteiger partial charge in [0, 0.05) is 39.6 Å². The van der Waals surface area contributed by atoms with Gasteiger partial charge in [0.2, 0.25) is 11.8 Å². The minimum absolute atomic E-state index is 0.0787. The third kappa shape index (κ3) is 3.17. The first-order chi connectivity index (χ1) is 10.5.